The maximum atomic E-state index is 11.8. The molecule has 0 aromatic heterocycles. The number of nitrogens with one attached hydrogen (secondary N) is 1. The Morgan fingerprint density at radius 1 is 1.44 bits per heavy atom. The van der Waals surface area contributed by atoms with Gasteiger partial charge in [0.15, 0.2) is 0 Å². The fourth-order valence-corrected chi connectivity index (χ4v) is 2.00. The number of likely N-dealkylation sites (N-methyl/N-ethyl adjacent to an activating group) is 1. The Kier molecular flexibility index (Phi) is 6.42. The Bertz CT molecular complexity index is 201. The number of rotatable bonds is 5. The van der Waals surface area contributed by atoms with Gasteiger partial charge in [0.05, 0.1) is 0 Å². The van der Waals surface area contributed by atoms with Crippen molar-refractivity contribution in [1.29, 1.82) is 0 Å². The Balaban J connectivity index is 2.30. The fourth-order valence-electron chi connectivity index (χ4n) is 2.00. The lowest BCUT2D eigenvalue weighted by molar-refractivity contribution is -0.137. The van der Waals surface area contributed by atoms with E-state index in [1.165, 1.54) is 0 Å². The van der Waals surface area contributed by atoms with Gasteiger partial charge >= 0.3 is 0 Å². The molecule has 0 aromatic carbocycles. The summed E-state index contributed by atoms with van der Waals surface area (Å²) in [6.07, 6.45) is 4.27. The van der Waals surface area contributed by atoms with Crippen molar-refractivity contribution in [3.05, 3.63) is 0 Å². The van der Waals surface area contributed by atoms with Gasteiger partial charge in [0.2, 0.25) is 5.91 Å². The molecular formula is C12H24N2O2. The number of amides is 1. The van der Waals surface area contributed by atoms with E-state index in [2.05, 4.69) is 5.32 Å². The second kappa shape index (κ2) is 7.63. The SMILES string of the molecule is CCCOCC(=O)N(C)C1CCCNCC1. The summed E-state index contributed by atoms with van der Waals surface area (Å²) in [4.78, 5) is 13.7. The zero-order chi connectivity index (χ0) is 11.8. The average Bonchev–Trinajstić information content (AvgIpc) is 2.56. The topological polar surface area (TPSA) is 41.6 Å². The van der Waals surface area contributed by atoms with E-state index in [9.17, 15) is 4.79 Å². The zero-order valence-electron chi connectivity index (χ0n) is 10.5. The van der Waals surface area contributed by atoms with Gasteiger partial charge in [0.25, 0.3) is 0 Å². The van der Waals surface area contributed by atoms with Crippen molar-refractivity contribution in [2.75, 3.05) is 33.4 Å². The smallest absolute Gasteiger partial charge is 0.248 e. The zero-order valence-corrected chi connectivity index (χ0v) is 10.5. The van der Waals surface area contributed by atoms with Crippen LogP contribution in [-0.2, 0) is 9.53 Å². The molecule has 0 saturated carbocycles. The summed E-state index contributed by atoms with van der Waals surface area (Å²) in [5, 5.41) is 3.35. The van der Waals surface area contributed by atoms with Gasteiger partial charge in [-0.3, -0.25) is 4.79 Å². The highest BCUT2D eigenvalue weighted by molar-refractivity contribution is 5.77. The van der Waals surface area contributed by atoms with E-state index in [4.69, 9.17) is 4.74 Å². The van der Waals surface area contributed by atoms with Gasteiger partial charge in [-0.25, -0.2) is 0 Å². The van der Waals surface area contributed by atoms with Crippen LogP contribution in [0.5, 0.6) is 0 Å². The molecule has 1 aliphatic rings. The largest absolute Gasteiger partial charge is 0.372 e. The third kappa shape index (κ3) is 4.49. The minimum atomic E-state index is 0.111. The first-order chi connectivity index (χ1) is 7.75. The van der Waals surface area contributed by atoms with Crippen molar-refractivity contribution in [2.45, 2.75) is 38.6 Å². The molecule has 1 N–H and O–H groups in total. The molecule has 94 valence electrons. The molecule has 4 heteroatoms. The van der Waals surface area contributed by atoms with Crippen LogP contribution in [0.15, 0.2) is 0 Å². The summed E-state index contributed by atoms with van der Waals surface area (Å²) < 4.78 is 5.28. The van der Waals surface area contributed by atoms with Crippen LogP contribution in [0.1, 0.15) is 32.6 Å². The highest BCUT2D eigenvalue weighted by Crippen LogP contribution is 2.11. The lowest BCUT2D eigenvalue weighted by Crippen LogP contribution is -2.39. The van der Waals surface area contributed by atoms with Gasteiger partial charge < -0.3 is 15.0 Å². The third-order valence-corrected chi connectivity index (χ3v) is 3.06. The predicted octanol–water partition coefficient (Wildman–Crippen LogP) is 1.01. The van der Waals surface area contributed by atoms with Crippen LogP contribution in [0.3, 0.4) is 0 Å². The molecule has 0 aromatic rings. The molecule has 1 fully saturated rings. The Hall–Kier alpha value is -0.610. The van der Waals surface area contributed by atoms with Gasteiger partial charge in [-0.1, -0.05) is 6.92 Å². The Labute approximate surface area is 98.3 Å². The van der Waals surface area contributed by atoms with E-state index in [0.717, 1.165) is 38.8 Å². The molecule has 16 heavy (non-hydrogen) atoms. The maximum Gasteiger partial charge on any atom is 0.248 e. The van der Waals surface area contributed by atoms with Gasteiger partial charge in [-0.15, -0.1) is 0 Å². The van der Waals surface area contributed by atoms with Crippen LogP contribution in [0.25, 0.3) is 0 Å². The van der Waals surface area contributed by atoms with Crippen LogP contribution >= 0.6 is 0 Å². The molecule has 0 radical (unpaired) electrons. The molecule has 1 unspecified atom stereocenters. The van der Waals surface area contributed by atoms with Gasteiger partial charge in [0, 0.05) is 19.7 Å². The van der Waals surface area contributed by atoms with Crippen molar-refractivity contribution >= 4 is 5.91 Å². The fraction of sp³-hybridized carbons (Fsp3) is 0.917. The second-order valence-corrected chi connectivity index (χ2v) is 4.39. The quantitative estimate of drug-likeness (QED) is 0.714. The number of nitrogens with zero attached hydrogens (tertiary/aromatic N) is 1. The standard InChI is InChI=1S/C12H24N2O2/c1-3-9-16-10-12(15)14(2)11-5-4-7-13-8-6-11/h11,13H,3-10H2,1-2H3. The highest BCUT2D eigenvalue weighted by Gasteiger charge is 2.20. The molecule has 0 bridgehead atoms. The lowest BCUT2D eigenvalue weighted by Gasteiger charge is -2.26. The van der Waals surface area contributed by atoms with Crippen molar-refractivity contribution in [1.82, 2.24) is 10.2 Å². The molecule has 1 saturated heterocycles. The molecule has 1 amide bonds. The summed E-state index contributed by atoms with van der Waals surface area (Å²) in [5.74, 6) is 0.111. The molecule has 0 aliphatic carbocycles. The van der Waals surface area contributed by atoms with E-state index in [-0.39, 0.29) is 12.5 Å². The summed E-state index contributed by atoms with van der Waals surface area (Å²) >= 11 is 0. The number of hydrogen-bond acceptors (Lipinski definition) is 3. The molecule has 4 nitrogen and oxygen atoms in total. The number of carbonyl (C=O) groups is 1. The van der Waals surface area contributed by atoms with E-state index in [1.54, 1.807) is 0 Å². The molecule has 1 rings (SSSR count). The predicted molar refractivity (Wildman–Crippen MR) is 64.4 cm³/mol. The first-order valence-electron chi connectivity index (χ1n) is 6.29. The van der Waals surface area contributed by atoms with E-state index >= 15 is 0 Å². The van der Waals surface area contributed by atoms with Gasteiger partial charge in [0.1, 0.15) is 6.61 Å². The van der Waals surface area contributed by atoms with E-state index in [1.807, 2.05) is 18.9 Å². The van der Waals surface area contributed by atoms with Crippen LogP contribution in [-0.4, -0.2) is 50.2 Å². The normalized spacial score (nSPS) is 21.5. The molecule has 1 heterocycles. The molecule has 1 atom stereocenters. The van der Waals surface area contributed by atoms with Crippen molar-refractivity contribution in [3.63, 3.8) is 0 Å². The number of hydrogen-bond donors (Lipinski definition) is 1. The third-order valence-electron chi connectivity index (χ3n) is 3.06. The average molecular weight is 228 g/mol. The van der Waals surface area contributed by atoms with Crippen LogP contribution in [0.2, 0.25) is 0 Å². The maximum absolute atomic E-state index is 11.8. The van der Waals surface area contributed by atoms with Crippen LogP contribution in [0, 0.1) is 0 Å². The lowest BCUT2D eigenvalue weighted by atomic mass is 10.1. The van der Waals surface area contributed by atoms with Crippen molar-refractivity contribution in [2.24, 2.45) is 0 Å². The molecular weight excluding hydrogens is 204 g/mol. The van der Waals surface area contributed by atoms with Crippen molar-refractivity contribution in [3.8, 4) is 0 Å². The second-order valence-electron chi connectivity index (χ2n) is 4.39. The van der Waals surface area contributed by atoms with Crippen molar-refractivity contribution < 1.29 is 9.53 Å². The van der Waals surface area contributed by atoms with Gasteiger partial charge in [-0.2, -0.15) is 0 Å². The summed E-state index contributed by atoms with van der Waals surface area (Å²) in [6.45, 7) is 5.04. The minimum Gasteiger partial charge on any atom is -0.372 e. The Morgan fingerprint density at radius 2 is 2.25 bits per heavy atom. The first-order valence-corrected chi connectivity index (χ1v) is 6.29. The summed E-state index contributed by atoms with van der Waals surface area (Å²) in [6, 6.07) is 0.382. The van der Waals surface area contributed by atoms with Crippen LogP contribution in [0.4, 0.5) is 0 Å². The Morgan fingerprint density at radius 3 is 3.00 bits per heavy atom. The van der Waals surface area contributed by atoms with Gasteiger partial charge in [-0.05, 0) is 38.8 Å². The van der Waals surface area contributed by atoms with E-state index < -0.39 is 0 Å². The number of ether oxygens (including phenoxy) is 1. The monoisotopic (exact) mass is 228 g/mol. The minimum absolute atomic E-state index is 0.111. The molecule has 0 spiro atoms. The summed E-state index contributed by atoms with van der Waals surface area (Å²) in [5.41, 5.74) is 0. The van der Waals surface area contributed by atoms with E-state index in [0.29, 0.717) is 12.6 Å². The molecule has 1 aliphatic heterocycles. The number of carbonyl (C=O) groups excluding carboxylic acids is 1. The highest BCUT2D eigenvalue weighted by atomic mass is 16.5. The first kappa shape index (κ1) is 13.5. The van der Waals surface area contributed by atoms with Crippen LogP contribution < -0.4 is 5.32 Å². The summed E-state index contributed by atoms with van der Waals surface area (Å²) in [7, 11) is 1.90.